The van der Waals surface area contributed by atoms with Gasteiger partial charge in [-0.1, -0.05) is 0 Å². The summed E-state index contributed by atoms with van der Waals surface area (Å²) >= 11 is 0. The summed E-state index contributed by atoms with van der Waals surface area (Å²) in [6.45, 7) is 3.65. The van der Waals surface area contributed by atoms with Crippen LogP contribution in [0.3, 0.4) is 0 Å². The molecular formula is C10H20N2O3S. The van der Waals surface area contributed by atoms with E-state index in [1.165, 1.54) is 8.61 Å². The third-order valence-electron chi connectivity index (χ3n) is 3.32. The van der Waals surface area contributed by atoms with E-state index in [1.807, 2.05) is 0 Å². The van der Waals surface area contributed by atoms with E-state index in [2.05, 4.69) is 0 Å². The molecule has 94 valence electrons. The van der Waals surface area contributed by atoms with Crippen molar-refractivity contribution in [2.75, 3.05) is 39.9 Å². The summed E-state index contributed by atoms with van der Waals surface area (Å²) < 4.78 is 31.8. The molecule has 2 heterocycles. The van der Waals surface area contributed by atoms with Crippen LogP contribution in [0.15, 0.2) is 0 Å². The van der Waals surface area contributed by atoms with E-state index in [0.717, 1.165) is 32.5 Å². The Kier molecular flexibility index (Phi) is 3.84. The Morgan fingerprint density at radius 2 is 1.94 bits per heavy atom. The molecule has 0 amide bonds. The second-order valence-corrected chi connectivity index (χ2v) is 6.61. The highest BCUT2D eigenvalue weighted by Gasteiger charge is 2.35. The summed E-state index contributed by atoms with van der Waals surface area (Å²) in [7, 11) is -1.46. The Balaban J connectivity index is 1.76. The zero-order valence-electron chi connectivity index (χ0n) is 9.76. The van der Waals surface area contributed by atoms with Crippen LogP contribution < -0.4 is 0 Å². The van der Waals surface area contributed by atoms with Crippen LogP contribution in [-0.4, -0.2) is 56.9 Å². The fraction of sp³-hybridized carbons (Fsp3) is 1.00. The van der Waals surface area contributed by atoms with Gasteiger partial charge in [0.25, 0.3) is 10.2 Å². The van der Waals surface area contributed by atoms with Gasteiger partial charge in [-0.15, -0.1) is 0 Å². The van der Waals surface area contributed by atoms with Crippen LogP contribution in [0.5, 0.6) is 0 Å². The molecule has 0 spiro atoms. The zero-order valence-corrected chi connectivity index (χ0v) is 10.6. The van der Waals surface area contributed by atoms with Crippen molar-refractivity contribution < 1.29 is 13.2 Å². The minimum Gasteiger partial charge on any atom is -0.381 e. The minimum atomic E-state index is -3.13. The van der Waals surface area contributed by atoms with Crippen molar-refractivity contribution in [3.05, 3.63) is 0 Å². The molecule has 0 unspecified atom stereocenters. The van der Waals surface area contributed by atoms with E-state index >= 15 is 0 Å². The predicted molar refractivity (Wildman–Crippen MR) is 61.3 cm³/mol. The molecule has 0 aromatic heterocycles. The van der Waals surface area contributed by atoms with Crippen molar-refractivity contribution in [2.45, 2.75) is 19.3 Å². The lowest BCUT2D eigenvalue weighted by Gasteiger charge is -2.24. The molecular weight excluding hydrogens is 228 g/mol. The van der Waals surface area contributed by atoms with Crippen LogP contribution in [0.4, 0.5) is 0 Å². The molecule has 0 aliphatic carbocycles. The molecule has 0 aromatic rings. The largest absolute Gasteiger partial charge is 0.381 e. The third kappa shape index (κ3) is 2.94. The first-order valence-corrected chi connectivity index (χ1v) is 7.29. The molecule has 0 radical (unpaired) electrons. The van der Waals surface area contributed by atoms with Gasteiger partial charge in [0.2, 0.25) is 0 Å². The molecule has 5 nitrogen and oxygen atoms in total. The first-order chi connectivity index (χ1) is 7.60. The van der Waals surface area contributed by atoms with Crippen molar-refractivity contribution in [1.29, 1.82) is 0 Å². The Bertz CT molecular complexity index is 321. The van der Waals surface area contributed by atoms with E-state index < -0.39 is 10.2 Å². The molecule has 0 N–H and O–H groups in total. The van der Waals surface area contributed by atoms with Gasteiger partial charge in [0.05, 0.1) is 0 Å². The standard InChI is InChI=1S/C10H20N2O3S/c1-11(16(13,14)12-6-7-12)5-2-10-3-8-15-9-4-10/h10H,2-9H2,1H3. The zero-order chi connectivity index (χ0) is 11.6. The van der Waals surface area contributed by atoms with Crippen LogP contribution in [-0.2, 0) is 14.9 Å². The SMILES string of the molecule is CN(CCC1CCOCC1)S(=O)(=O)N1CC1. The van der Waals surface area contributed by atoms with Crippen molar-refractivity contribution in [3.8, 4) is 0 Å². The molecule has 16 heavy (non-hydrogen) atoms. The summed E-state index contributed by atoms with van der Waals surface area (Å²) in [6.07, 6.45) is 3.09. The van der Waals surface area contributed by atoms with Gasteiger partial charge in [0.1, 0.15) is 0 Å². The van der Waals surface area contributed by atoms with E-state index in [4.69, 9.17) is 4.74 Å². The lowest BCUT2D eigenvalue weighted by Crippen LogP contribution is -2.34. The van der Waals surface area contributed by atoms with Gasteiger partial charge in [-0.25, -0.2) is 0 Å². The maximum absolute atomic E-state index is 11.8. The molecule has 6 heteroatoms. The van der Waals surface area contributed by atoms with E-state index in [9.17, 15) is 8.42 Å². The summed E-state index contributed by atoms with van der Waals surface area (Å²) in [6, 6.07) is 0. The molecule has 0 atom stereocenters. The van der Waals surface area contributed by atoms with E-state index in [0.29, 0.717) is 25.6 Å². The van der Waals surface area contributed by atoms with E-state index in [-0.39, 0.29) is 0 Å². The summed E-state index contributed by atoms with van der Waals surface area (Å²) in [5, 5.41) is 0. The Hall–Kier alpha value is -0.170. The topological polar surface area (TPSA) is 49.6 Å². The molecule has 2 saturated heterocycles. The maximum Gasteiger partial charge on any atom is 0.281 e. The fourth-order valence-corrected chi connectivity index (χ4v) is 3.26. The highest BCUT2D eigenvalue weighted by atomic mass is 32.2. The summed E-state index contributed by atoms with van der Waals surface area (Å²) in [5.41, 5.74) is 0. The van der Waals surface area contributed by atoms with Crippen molar-refractivity contribution in [1.82, 2.24) is 8.61 Å². The lowest BCUT2D eigenvalue weighted by molar-refractivity contribution is 0.0628. The first-order valence-electron chi connectivity index (χ1n) is 5.90. The van der Waals surface area contributed by atoms with Crippen LogP contribution in [0.25, 0.3) is 0 Å². The van der Waals surface area contributed by atoms with E-state index in [1.54, 1.807) is 7.05 Å². The van der Waals surface area contributed by atoms with Gasteiger partial charge < -0.3 is 4.74 Å². The highest BCUT2D eigenvalue weighted by molar-refractivity contribution is 7.87. The predicted octanol–water partition coefficient (Wildman–Crippen LogP) is 0.295. The van der Waals surface area contributed by atoms with Crippen LogP contribution in [0.2, 0.25) is 0 Å². The molecule has 2 fully saturated rings. The maximum atomic E-state index is 11.8. The monoisotopic (exact) mass is 248 g/mol. The Labute approximate surface area is 97.5 Å². The number of hydrogen-bond acceptors (Lipinski definition) is 3. The smallest absolute Gasteiger partial charge is 0.281 e. The van der Waals surface area contributed by atoms with Gasteiger partial charge in [-0.05, 0) is 25.2 Å². The van der Waals surface area contributed by atoms with Crippen molar-refractivity contribution >= 4 is 10.2 Å². The van der Waals surface area contributed by atoms with Crippen LogP contribution in [0, 0.1) is 5.92 Å². The first kappa shape index (κ1) is 12.3. The quantitative estimate of drug-likeness (QED) is 0.657. The second kappa shape index (κ2) is 5.00. The number of rotatable bonds is 5. The molecule has 2 aliphatic rings. The van der Waals surface area contributed by atoms with Gasteiger partial charge in [-0.2, -0.15) is 17.0 Å². The van der Waals surface area contributed by atoms with Crippen molar-refractivity contribution in [2.24, 2.45) is 5.92 Å². The molecule has 0 saturated carbocycles. The molecule has 0 aromatic carbocycles. The second-order valence-electron chi connectivity index (χ2n) is 4.57. The fourth-order valence-electron chi connectivity index (χ4n) is 1.98. The summed E-state index contributed by atoms with van der Waals surface area (Å²) in [4.78, 5) is 0. The average molecular weight is 248 g/mol. The minimum absolute atomic E-state index is 0.626. The van der Waals surface area contributed by atoms with Gasteiger partial charge in [0, 0.05) is 39.9 Å². The highest BCUT2D eigenvalue weighted by Crippen LogP contribution is 2.21. The van der Waals surface area contributed by atoms with Gasteiger partial charge in [0.15, 0.2) is 0 Å². The summed E-state index contributed by atoms with van der Waals surface area (Å²) in [5.74, 6) is 0.626. The van der Waals surface area contributed by atoms with Gasteiger partial charge >= 0.3 is 0 Å². The molecule has 2 aliphatic heterocycles. The van der Waals surface area contributed by atoms with Gasteiger partial charge in [-0.3, -0.25) is 0 Å². The van der Waals surface area contributed by atoms with Crippen LogP contribution >= 0.6 is 0 Å². The number of hydrogen-bond donors (Lipinski definition) is 0. The molecule has 2 rings (SSSR count). The normalized spacial score (nSPS) is 23.9. The molecule has 0 bridgehead atoms. The average Bonchev–Trinajstić information content (AvgIpc) is 3.11. The van der Waals surface area contributed by atoms with Crippen LogP contribution in [0.1, 0.15) is 19.3 Å². The lowest BCUT2D eigenvalue weighted by atomic mass is 9.97. The number of ether oxygens (including phenoxy) is 1. The number of nitrogens with zero attached hydrogens (tertiary/aromatic N) is 2. The Morgan fingerprint density at radius 1 is 1.31 bits per heavy atom. The third-order valence-corrected chi connectivity index (χ3v) is 5.31. The van der Waals surface area contributed by atoms with Crippen molar-refractivity contribution in [3.63, 3.8) is 0 Å². The Morgan fingerprint density at radius 3 is 2.50 bits per heavy atom.